The van der Waals surface area contributed by atoms with Gasteiger partial charge < -0.3 is 14.8 Å². The standard InChI is InChI=1S/C16H20N4O3/c1-20-10-11(16(19-20)22-2)9-18-15(21)14-12-5-3-4-6-13(12)23-8-7-17-14/h3-6,10,14,17H,7-9H2,1-2H3,(H,18,21)/t14-/m1/s1. The molecular weight excluding hydrogens is 296 g/mol. The first kappa shape index (κ1) is 15.4. The molecule has 1 amide bonds. The Hall–Kier alpha value is -2.54. The normalized spacial score (nSPS) is 16.9. The molecule has 2 N–H and O–H groups in total. The van der Waals surface area contributed by atoms with Gasteiger partial charge in [0.05, 0.1) is 12.7 Å². The number of fused-ring (bicyclic) bond motifs is 1. The number of methoxy groups -OCH3 is 1. The van der Waals surface area contributed by atoms with Crippen LogP contribution in [0.25, 0.3) is 0 Å². The van der Waals surface area contributed by atoms with Crippen molar-refractivity contribution in [2.75, 3.05) is 20.3 Å². The van der Waals surface area contributed by atoms with Crippen LogP contribution in [0.5, 0.6) is 11.6 Å². The van der Waals surface area contributed by atoms with Crippen molar-refractivity contribution in [3.05, 3.63) is 41.6 Å². The first-order valence-corrected chi connectivity index (χ1v) is 7.48. The van der Waals surface area contributed by atoms with Crippen molar-refractivity contribution < 1.29 is 14.3 Å². The minimum absolute atomic E-state index is 0.103. The van der Waals surface area contributed by atoms with Crippen molar-refractivity contribution in [1.82, 2.24) is 20.4 Å². The molecule has 0 aliphatic carbocycles. The summed E-state index contributed by atoms with van der Waals surface area (Å²) in [6.07, 6.45) is 1.83. The predicted octanol–water partition coefficient (Wildman–Crippen LogP) is 0.768. The number of nitrogens with zero attached hydrogens (tertiary/aromatic N) is 2. The van der Waals surface area contributed by atoms with Gasteiger partial charge in [0.25, 0.3) is 0 Å². The summed E-state index contributed by atoms with van der Waals surface area (Å²) in [5.74, 6) is 1.16. The van der Waals surface area contributed by atoms with Crippen LogP contribution in [0.1, 0.15) is 17.2 Å². The number of aromatic nitrogens is 2. The lowest BCUT2D eigenvalue weighted by atomic mass is 10.1. The van der Waals surface area contributed by atoms with Gasteiger partial charge in [-0.15, -0.1) is 5.10 Å². The van der Waals surface area contributed by atoms with Gasteiger partial charge in [-0.3, -0.25) is 14.8 Å². The Morgan fingerprint density at radius 2 is 2.35 bits per heavy atom. The molecule has 1 atom stereocenters. The van der Waals surface area contributed by atoms with E-state index in [0.29, 0.717) is 25.6 Å². The molecule has 0 unspecified atom stereocenters. The van der Waals surface area contributed by atoms with Gasteiger partial charge in [-0.1, -0.05) is 18.2 Å². The summed E-state index contributed by atoms with van der Waals surface area (Å²) < 4.78 is 12.5. The van der Waals surface area contributed by atoms with Crippen molar-refractivity contribution in [2.24, 2.45) is 7.05 Å². The first-order valence-electron chi connectivity index (χ1n) is 7.48. The van der Waals surface area contributed by atoms with Crippen LogP contribution < -0.4 is 20.1 Å². The molecule has 0 saturated heterocycles. The number of hydrogen-bond acceptors (Lipinski definition) is 5. The van der Waals surface area contributed by atoms with E-state index in [1.807, 2.05) is 37.5 Å². The van der Waals surface area contributed by atoms with E-state index in [1.165, 1.54) is 0 Å². The second kappa shape index (κ2) is 6.70. The van der Waals surface area contributed by atoms with Crippen molar-refractivity contribution in [1.29, 1.82) is 0 Å². The molecule has 0 radical (unpaired) electrons. The summed E-state index contributed by atoms with van der Waals surface area (Å²) in [6.45, 7) is 1.51. The number of amides is 1. The Labute approximate surface area is 134 Å². The molecule has 1 aliphatic heterocycles. The van der Waals surface area contributed by atoms with E-state index < -0.39 is 6.04 Å². The number of aryl methyl sites for hydroxylation is 1. The smallest absolute Gasteiger partial charge is 0.242 e. The molecular formula is C16H20N4O3. The highest BCUT2D eigenvalue weighted by atomic mass is 16.5. The highest BCUT2D eigenvalue weighted by Crippen LogP contribution is 2.27. The number of nitrogens with one attached hydrogen (secondary N) is 2. The third kappa shape index (κ3) is 3.29. The molecule has 1 aromatic carbocycles. The van der Waals surface area contributed by atoms with Crippen LogP contribution in [0.4, 0.5) is 0 Å². The van der Waals surface area contributed by atoms with Crippen LogP contribution >= 0.6 is 0 Å². The molecule has 122 valence electrons. The number of carbonyl (C=O) groups excluding carboxylic acids is 1. The average Bonchev–Trinajstić information content (AvgIpc) is 2.79. The second-order valence-electron chi connectivity index (χ2n) is 5.33. The monoisotopic (exact) mass is 316 g/mol. The van der Waals surface area contributed by atoms with Crippen molar-refractivity contribution in [3.63, 3.8) is 0 Å². The van der Waals surface area contributed by atoms with E-state index in [9.17, 15) is 4.79 Å². The average molecular weight is 316 g/mol. The van der Waals surface area contributed by atoms with Crippen LogP contribution in [0.15, 0.2) is 30.5 Å². The maximum atomic E-state index is 12.6. The van der Waals surface area contributed by atoms with E-state index >= 15 is 0 Å². The van der Waals surface area contributed by atoms with Gasteiger partial charge in [-0.2, -0.15) is 0 Å². The van der Waals surface area contributed by atoms with Gasteiger partial charge in [-0.05, 0) is 6.07 Å². The first-order chi connectivity index (χ1) is 11.2. The Morgan fingerprint density at radius 3 is 3.17 bits per heavy atom. The van der Waals surface area contributed by atoms with E-state index in [4.69, 9.17) is 9.47 Å². The van der Waals surface area contributed by atoms with E-state index in [0.717, 1.165) is 16.9 Å². The minimum atomic E-state index is -0.434. The van der Waals surface area contributed by atoms with Crippen LogP contribution in [-0.4, -0.2) is 35.9 Å². The summed E-state index contributed by atoms with van der Waals surface area (Å²) in [6, 6.07) is 7.16. The molecule has 7 heteroatoms. The molecule has 1 aromatic heterocycles. The van der Waals surface area contributed by atoms with Gasteiger partial charge in [-0.25, -0.2) is 0 Å². The van der Waals surface area contributed by atoms with E-state index in [1.54, 1.807) is 11.8 Å². The van der Waals surface area contributed by atoms with Crippen molar-refractivity contribution >= 4 is 5.91 Å². The van der Waals surface area contributed by atoms with Crippen LogP contribution in [-0.2, 0) is 18.4 Å². The van der Waals surface area contributed by atoms with Gasteiger partial charge in [0.2, 0.25) is 11.8 Å². The molecule has 2 aromatic rings. The van der Waals surface area contributed by atoms with Crippen LogP contribution in [0.3, 0.4) is 0 Å². The van der Waals surface area contributed by atoms with E-state index in [2.05, 4.69) is 15.7 Å². The summed E-state index contributed by atoms with van der Waals surface area (Å²) in [7, 11) is 3.38. The molecule has 0 saturated carbocycles. The third-order valence-electron chi connectivity index (χ3n) is 3.71. The van der Waals surface area contributed by atoms with Gasteiger partial charge in [0.1, 0.15) is 18.4 Å². The number of hydrogen-bond donors (Lipinski definition) is 2. The van der Waals surface area contributed by atoms with Gasteiger partial charge in [0, 0.05) is 31.9 Å². The highest BCUT2D eigenvalue weighted by molar-refractivity contribution is 5.84. The zero-order valence-electron chi connectivity index (χ0n) is 13.2. The fourth-order valence-electron chi connectivity index (χ4n) is 2.65. The minimum Gasteiger partial charge on any atom is -0.492 e. The van der Waals surface area contributed by atoms with E-state index in [-0.39, 0.29) is 5.91 Å². The largest absolute Gasteiger partial charge is 0.492 e. The molecule has 23 heavy (non-hydrogen) atoms. The molecule has 2 heterocycles. The van der Waals surface area contributed by atoms with Crippen molar-refractivity contribution in [3.8, 4) is 11.6 Å². The number of rotatable bonds is 4. The Bertz CT molecular complexity index is 698. The molecule has 3 rings (SSSR count). The molecule has 0 fully saturated rings. The number of ether oxygens (including phenoxy) is 2. The maximum Gasteiger partial charge on any atom is 0.242 e. The number of para-hydroxylation sites is 1. The Morgan fingerprint density at radius 1 is 1.52 bits per heavy atom. The summed E-state index contributed by atoms with van der Waals surface area (Å²) in [5.41, 5.74) is 1.68. The van der Waals surface area contributed by atoms with Crippen LogP contribution in [0, 0.1) is 0 Å². The zero-order valence-corrected chi connectivity index (χ0v) is 13.2. The maximum absolute atomic E-state index is 12.6. The molecule has 1 aliphatic rings. The molecule has 7 nitrogen and oxygen atoms in total. The Kier molecular flexibility index (Phi) is 4.47. The fourth-order valence-corrected chi connectivity index (χ4v) is 2.65. The second-order valence-corrected chi connectivity index (χ2v) is 5.33. The fraction of sp³-hybridized carbons (Fsp3) is 0.375. The lowest BCUT2D eigenvalue weighted by Gasteiger charge is -2.17. The quantitative estimate of drug-likeness (QED) is 0.871. The molecule has 0 bridgehead atoms. The summed E-state index contributed by atoms with van der Waals surface area (Å²) in [5, 5.41) is 10.3. The molecule has 0 spiro atoms. The van der Waals surface area contributed by atoms with Gasteiger partial charge in [0.15, 0.2) is 0 Å². The van der Waals surface area contributed by atoms with Gasteiger partial charge >= 0.3 is 0 Å². The lowest BCUT2D eigenvalue weighted by molar-refractivity contribution is -0.123. The van der Waals surface area contributed by atoms with Crippen molar-refractivity contribution in [2.45, 2.75) is 12.6 Å². The number of benzene rings is 1. The lowest BCUT2D eigenvalue weighted by Crippen LogP contribution is -2.37. The summed E-state index contributed by atoms with van der Waals surface area (Å²) >= 11 is 0. The summed E-state index contributed by atoms with van der Waals surface area (Å²) in [4.78, 5) is 12.6. The SMILES string of the molecule is COc1nn(C)cc1CNC(=O)[C@@H]1NCCOc2ccccc21. The Balaban J connectivity index is 1.73. The highest BCUT2D eigenvalue weighted by Gasteiger charge is 2.25. The topological polar surface area (TPSA) is 77.4 Å². The zero-order chi connectivity index (χ0) is 16.2. The predicted molar refractivity (Wildman–Crippen MR) is 84.3 cm³/mol. The van der Waals surface area contributed by atoms with Crippen LogP contribution in [0.2, 0.25) is 0 Å². The third-order valence-corrected chi connectivity index (χ3v) is 3.71. The number of carbonyl (C=O) groups is 1.